The molecule has 0 aliphatic heterocycles. The average molecular weight is 344 g/mol. The highest BCUT2D eigenvalue weighted by Gasteiger charge is 2.14. The van der Waals surface area contributed by atoms with Crippen LogP contribution in [0.5, 0.6) is 5.75 Å². The van der Waals surface area contributed by atoms with E-state index >= 15 is 0 Å². The summed E-state index contributed by atoms with van der Waals surface area (Å²) in [7, 11) is 1.30. The van der Waals surface area contributed by atoms with Gasteiger partial charge in [0.2, 0.25) is 0 Å². The minimum absolute atomic E-state index is 0.0325. The van der Waals surface area contributed by atoms with Crippen LogP contribution in [0.1, 0.15) is 15.9 Å². The number of ether oxygens (including phenoxy) is 2. The predicted molar refractivity (Wildman–Crippen MR) is 88.2 cm³/mol. The Labute approximate surface area is 143 Å². The van der Waals surface area contributed by atoms with Crippen LogP contribution in [-0.2, 0) is 16.1 Å². The zero-order chi connectivity index (χ0) is 18.2. The van der Waals surface area contributed by atoms with Crippen LogP contribution in [0.4, 0.5) is 5.69 Å². The second-order valence-electron chi connectivity index (χ2n) is 4.98. The number of amides is 1. The second-order valence-corrected chi connectivity index (χ2v) is 4.98. The molecule has 0 aliphatic rings. The molecule has 0 aromatic heterocycles. The van der Waals surface area contributed by atoms with E-state index in [1.165, 1.54) is 25.3 Å². The van der Waals surface area contributed by atoms with Crippen LogP contribution < -0.4 is 10.1 Å². The van der Waals surface area contributed by atoms with Gasteiger partial charge in [-0.25, -0.2) is 4.79 Å². The zero-order valence-corrected chi connectivity index (χ0v) is 13.4. The maximum absolute atomic E-state index is 11.8. The summed E-state index contributed by atoms with van der Waals surface area (Å²) in [6.45, 7) is -0.106. The minimum atomic E-state index is -0.573. The van der Waals surface area contributed by atoms with E-state index in [4.69, 9.17) is 4.74 Å². The fourth-order valence-corrected chi connectivity index (χ4v) is 2.00. The van der Waals surface area contributed by atoms with Crippen molar-refractivity contribution >= 4 is 17.6 Å². The summed E-state index contributed by atoms with van der Waals surface area (Å²) >= 11 is 0. The largest absolute Gasteiger partial charge is 0.477 e. The fraction of sp³-hybridized carbons (Fsp3) is 0.176. The van der Waals surface area contributed by atoms with E-state index in [2.05, 4.69) is 10.1 Å². The van der Waals surface area contributed by atoms with Crippen molar-refractivity contribution in [3.63, 3.8) is 0 Å². The number of carbonyl (C=O) groups is 2. The van der Waals surface area contributed by atoms with Crippen molar-refractivity contribution < 1.29 is 24.0 Å². The Bertz CT molecular complexity index is 773. The van der Waals surface area contributed by atoms with Crippen LogP contribution in [0.25, 0.3) is 0 Å². The topological polar surface area (TPSA) is 108 Å². The molecule has 1 amide bonds. The van der Waals surface area contributed by atoms with Crippen molar-refractivity contribution in [3.8, 4) is 5.75 Å². The average Bonchev–Trinajstić information content (AvgIpc) is 2.64. The second kappa shape index (κ2) is 8.44. The van der Waals surface area contributed by atoms with Gasteiger partial charge in [0, 0.05) is 12.6 Å². The van der Waals surface area contributed by atoms with Gasteiger partial charge in [0.15, 0.2) is 12.4 Å². The summed E-state index contributed by atoms with van der Waals surface area (Å²) in [5, 5.41) is 13.5. The third kappa shape index (κ3) is 5.03. The molecule has 0 unspecified atom stereocenters. The molecule has 0 spiro atoms. The quantitative estimate of drug-likeness (QED) is 0.468. The van der Waals surface area contributed by atoms with Gasteiger partial charge in [-0.2, -0.15) is 0 Å². The Balaban J connectivity index is 1.85. The van der Waals surface area contributed by atoms with E-state index in [0.717, 1.165) is 5.56 Å². The van der Waals surface area contributed by atoms with Gasteiger partial charge in [-0.3, -0.25) is 14.9 Å². The van der Waals surface area contributed by atoms with Gasteiger partial charge in [0.05, 0.1) is 17.6 Å². The molecule has 130 valence electrons. The molecule has 0 radical (unpaired) electrons. The van der Waals surface area contributed by atoms with Crippen molar-refractivity contribution in [2.45, 2.75) is 6.54 Å². The third-order valence-electron chi connectivity index (χ3n) is 3.29. The van der Waals surface area contributed by atoms with Gasteiger partial charge >= 0.3 is 11.7 Å². The minimum Gasteiger partial charge on any atom is -0.477 e. The molecular weight excluding hydrogens is 328 g/mol. The van der Waals surface area contributed by atoms with Gasteiger partial charge in [0.1, 0.15) is 0 Å². The number of hydrogen-bond acceptors (Lipinski definition) is 6. The number of nitro groups is 1. The molecule has 0 bridgehead atoms. The Morgan fingerprint density at radius 3 is 2.44 bits per heavy atom. The highest BCUT2D eigenvalue weighted by atomic mass is 16.6. The molecule has 2 aromatic carbocycles. The molecule has 0 fully saturated rings. The summed E-state index contributed by atoms with van der Waals surface area (Å²) in [4.78, 5) is 33.4. The smallest absolute Gasteiger partial charge is 0.337 e. The van der Waals surface area contributed by atoms with Crippen LogP contribution in [0.15, 0.2) is 48.5 Å². The molecule has 25 heavy (non-hydrogen) atoms. The summed E-state index contributed by atoms with van der Waals surface area (Å²) in [5.41, 5.74) is 0.998. The molecule has 1 N–H and O–H groups in total. The Morgan fingerprint density at radius 1 is 1.12 bits per heavy atom. The normalized spacial score (nSPS) is 9.96. The van der Waals surface area contributed by atoms with Crippen LogP contribution in [0.3, 0.4) is 0 Å². The molecule has 0 saturated heterocycles. The first-order valence-corrected chi connectivity index (χ1v) is 7.31. The van der Waals surface area contributed by atoms with Gasteiger partial charge < -0.3 is 14.8 Å². The molecule has 0 aliphatic carbocycles. The number of esters is 1. The molecule has 2 rings (SSSR count). The van der Waals surface area contributed by atoms with Crippen LogP contribution in [0.2, 0.25) is 0 Å². The Hall–Kier alpha value is -3.42. The highest BCUT2D eigenvalue weighted by Crippen LogP contribution is 2.25. The predicted octanol–water partition coefficient (Wildman–Crippen LogP) is 2.08. The summed E-state index contributed by atoms with van der Waals surface area (Å²) in [5.74, 6) is -0.825. The number of carbonyl (C=O) groups excluding carboxylic acids is 2. The lowest BCUT2D eigenvalue weighted by molar-refractivity contribution is -0.385. The molecular formula is C17H16N2O6. The van der Waals surface area contributed by atoms with Gasteiger partial charge in [-0.15, -0.1) is 0 Å². The first-order chi connectivity index (χ1) is 12.0. The number of hydrogen-bond donors (Lipinski definition) is 1. The van der Waals surface area contributed by atoms with Gasteiger partial charge in [-0.05, 0) is 23.8 Å². The lowest BCUT2D eigenvalue weighted by Crippen LogP contribution is -2.28. The first-order valence-electron chi connectivity index (χ1n) is 7.31. The number of para-hydroxylation sites is 2. The van der Waals surface area contributed by atoms with E-state index in [-0.39, 0.29) is 24.6 Å². The SMILES string of the molecule is COC(=O)c1ccc(CNC(=O)COc2ccccc2[N+](=O)[O-])cc1. The van der Waals surface area contributed by atoms with E-state index in [0.29, 0.717) is 5.56 Å². The summed E-state index contributed by atoms with van der Waals surface area (Å²) in [6, 6.07) is 12.4. The molecule has 0 atom stereocenters. The molecule has 8 heteroatoms. The van der Waals surface area contributed by atoms with Crippen molar-refractivity contribution in [2.24, 2.45) is 0 Å². The Kier molecular flexibility index (Phi) is 6.05. The number of nitro benzene ring substituents is 1. The lowest BCUT2D eigenvalue weighted by atomic mass is 10.1. The monoisotopic (exact) mass is 344 g/mol. The van der Waals surface area contributed by atoms with E-state index in [1.807, 2.05) is 0 Å². The van der Waals surface area contributed by atoms with Crippen molar-refractivity contribution in [1.29, 1.82) is 0 Å². The lowest BCUT2D eigenvalue weighted by Gasteiger charge is -2.08. The number of methoxy groups -OCH3 is 1. The van der Waals surface area contributed by atoms with E-state index in [1.54, 1.807) is 30.3 Å². The van der Waals surface area contributed by atoms with E-state index < -0.39 is 16.8 Å². The van der Waals surface area contributed by atoms with Gasteiger partial charge in [-0.1, -0.05) is 24.3 Å². The first kappa shape index (κ1) is 17.9. The molecule has 2 aromatic rings. The summed E-state index contributed by atoms with van der Waals surface area (Å²) < 4.78 is 9.80. The Morgan fingerprint density at radius 2 is 1.80 bits per heavy atom. The molecule has 0 saturated carbocycles. The van der Waals surface area contributed by atoms with Crippen LogP contribution >= 0.6 is 0 Å². The van der Waals surface area contributed by atoms with Crippen molar-refractivity contribution in [3.05, 3.63) is 69.8 Å². The third-order valence-corrected chi connectivity index (χ3v) is 3.29. The standard InChI is InChI=1S/C17H16N2O6/c1-24-17(21)13-8-6-12(7-9-13)10-18-16(20)11-25-15-5-3-2-4-14(15)19(22)23/h2-9H,10-11H2,1H3,(H,18,20). The maximum Gasteiger partial charge on any atom is 0.337 e. The fourth-order valence-electron chi connectivity index (χ4n) is 2.00. The van der Waals surface area contributed by atoms with Crippen LogP contribution in [-0.4, -0.2) is 30.5 Å². The van der Waals surface area contributed by atoms with E-state index in [9.17, 15) is 19.7 Å². The molecule has 0 heterocycles. The molecule has 8 nitrogen and oxygen atoms in total. The van der Waals surface area contributed by atoms with Crippen molar-refractivity contribution in [1.82, 2.24) is 5.32 Å². The highest BCUT2D eigenvalue weighted by molar-refractivity contribution is 5.89. The van der Waals surface area contributed by atoms with Gasteiger partial charge in [0.25, 0.3) is 5.91 Å². The summed E-state index contributed by atoms with van der Waals surface area (Å²) in [6.07, 6.45) is 0. The number of rotatable bonds is 7. The van der Waals surface area contributed by atoms with Crippen molar-refractivity contribution in [2.75, 3.05) is 13.7 Å². The maximum atomic E-state index is 11.8. The zero-order valence-electron chi connectivity index (χ0n) is 13.4. The van der Waals surface area contributed by atoms with Crippen LogP contribution in [0, 0.1) is 10.1 Å². The number of nitrogens with one attached hydrogen (secondary N) is 1. The number of benzene rings is 2. The number of nitrogens with zero attached hydrogens (tertiary/aromatic N) is 1.